The number of aryl methyl sites for hydroxylation is 1. The van der Waals surface area contributed by atoms with Crippen molar-refractivity contribution in [1.29, 1.82) is 0 Å². The maximum atomic E-state index is 12.2. The van der Waals surface area contributed by atoms with E-state index in [-0.39, 0.29) is 11.7 Å². The number of hydrogen-bond donors (Lipinski definition) is 0. The Labute approximate surface area is 117 Å². The average molecular weight is 271 g/mol. The number of carbonyl (C=O) groups excluding carboxylic acids is 1. The van der Waals surface area contributed by atoms with Crippen LogP contribution in [-0.2, 0) is 6.42 Å². The molecule has 0 spiro atoms. The summed E-state index contributed by atoms with van der Waals surface area (Å²) >= 11 is 0. The zero-order chi connectivity index (χ0) is 14.3. The van der Waals surface area contributed by atoms with Crippen LogP contribution in [0.3, 0.4) is 0 Å². The van der Waals surface area contributed by atoms with E-state index < -0.39 is 0 Å². The van der Waals surface area contributed by atoms with Crippen molar-refractivity contribution in [3.63, 3.8) is 0 Å². The minimum atomic E-state index is 0.0851. The van der Waals surface area contributed by atoms with Crippen LogP contribution in [0, 0.1) is 5.92 Å². The Balaban J connectivity index is 2.23. The number of ether oxygens (including phenoxy) is 2. The predicted octanol–water partition coefficient (Wildman–Crippen LogP) is 3.02. The van der Waals surface area contributed by atoms with Crippen molar-refractivity contribution >= 4 is 16.7 Å². The Morgan fingerprint density at radius 1 is 1.15 bits per heavy atom. The first-order valence-electron chi connectivity index (χ1n) is 6.74. The van der Waals surface area contributed by atoms with E-state index in [1.54, 1.807) is 14.2 Å². The van der Waals surface area contributed by atoms with Gasteiger partial charge >= 0.3 is 0 Å². The number of hydrogen-bond acceptors (Lipinski definition) is 4. The first kappa shape index (κ1) is 12.9. The Morgan fingerprint density at radius 2 is 1.85 bits per heavy atom. The molecular weight excluding hydrogens is 254 g/mol. The number of rotatable bonds is 2. The summed E-state index contributed by atoms with van der Waals surface area (Å²) in [6.45, 7) is 1.98. The fourth-order valence-corrected chi connectivity index (χ4v) is 2.69. The number of ketones is 1. The Bertz CT molecular complexity index is 694. The smallest absolute Gasteiger partial charge is 0.167 e. The molecule has 1 atom stereocenters. The lowest BCUT2D eigenvalue weighted by molar-refractivity contribution is 0.0913. The highest BCUT2D eigenvalue weighted by Gasteiger charge is 2.25. The summed E-state index contributed by atoms with van der Waals surface area (Å²) in [7, 11) is 3.20. The highest BCUT2D eigenvalue weighted by Crippen LogP contribution is 2.34. The molecule has 0 N–H and O–H groups in total. The number of carbonyl (C=O) groups is 1. The van der Waals surface area contributed by atoms with Crippen molar-refractivity contribution in [1.82, 2.24) is 4.98 Å². The van der Waals surface area contributed by atoms with Crippen LogP contribution >= 0.6 is 0 Å². The molecule has 1 aliphatic carbocycles. The summed E-state index contributed by atoms with van der Waals surface area (Å²) in [4.78, 5) is 16.9. The molecule has 3 rings (SSSR count). The van der Waals surface area contributed by atoms with Gasteiger partial charge in [0, 0.05) is 22.9 Å². The fraction of sp³-hybridized carbons (Fsp3) is 0.375. The first-order valence-corrected chi connectivity index (χ1v) is 6.74. The average Bonchev–Trinajstić information content (AvgIpc) is 2.48. The molecule has 1 aromatic carbocycles. The monoisotopic (exact) mass is 271 g/mol. The summed E-state index contributed by atoms with van der Waals surface area (Å²) < 4.78 is 10.6. The normalized spacial score (nSPS) is 17.9. The predicted molar refractivity (Wildman–Crippen MR) is 76.7 cm³/mol. The van der Waals surface area contributed by atoms with E-state index >= 15 is 0 Å². The second kappa shape index (κ2) is 4.78. The highest BCUT2D eigenvalue weighted by atomic mass is 16.5. The summed E-state index contributed by atoms with van der Waals surface area (Å²) in [5.41, 5.74) is 2.49. The van der Waals surface area contributed by atoms with Crippen LogP contribution in [0.25, 0.3) is 10.9 Å². The fourth-order valence-electron chi connectivity index (χ4n) is 2.69. The molecule has 1 aromatic heterocycles. The van der Waals surface area contributed by atoms with Gasteiger partial charge < -0.3 is 9.47 Å². The standard InChI is InChI=1S/C16H17NO3/c1-9-4-5-12-11(16(9)18)6-10-7-14(19-2)15(20-3)8-13(10)17-12/h6-9H,4-5H2,1-3H3. The van der Waals surface area contributed by atoms with Gasteiger partial charge in [0.25, 0.3) is 0 Å². The molecule has 2 aromatic rings. The number of pyridine rings is 1. The highest BCUT2D eigenvalue weighted by molar-refractivity contribution is 6.02. The van der Waals surface area contributed by atoms with Crippen molar-refractivity contribution in [2.24, 2.45) is 5.92 Å². The van der Waals surface area contributed by atoms with Crippen molar-refractivity contribution in [2.45, 2.75) is 19.8 Å². The SMILES string of the molecule is COc1cc2cc3c(nc2cc1OC)CCC(C)C3=O. The molecule has 0 saturated carbocycles. The van der Waals surface area contributed by atoms with E-state index in [0.29, 0.717) is 11.5 Å². The van der Waals surface area contributed by atoms with Gasteiger partial charge in [-0.25, -0.2) is 0 Å². The second-order valence-corrected chi connectivity index (χ2v) is 5.19. The quantitative estimate of drug-likeness (QED) is 0.842. The van der Waals surface area contributed by atoms with Crippen LogP contribution in [0.2, 0.25) is 0 Å². The summed E-state index contributed by atoms with van der Waals surface area (Å²) in [6, 6.07) is 5.66. The summed E-state index contributed by atoms with van der Waals surface area (Å²) in [6.07, 6.45) is 1.73. The third kappa shape index (κ3) is 1.92. The molecule has 4 nitrogen and oxygen atoms in total. The minimum absolute atomic E-state index is 0.0851. The third-order valence-electron chi connectivity index (χ3n) is 3.93. The molecule has 0 aliphatic heterocycles. The Kier molecular flexibility index (Phi) is 3.08. The Hall–Kier alpha value is -2.10. The van der Waals surface area contributed by atoms with Crippen molar-refractivity contribution < 1.29 is 14.3 Å². The van der Waals surface area contributed by atoms with Gasteiger partial charge in [-0.2, -0.15) is 0 Å². The van der Waals surface area contributed by atoms with Crippen molar-refractivity contribution in [3.8, 4) is 11.5 Å². The van der Waals surface area contributed by atoms with Crippen LogP contribution in [0.5, 0.6) is 11.5 Å². The van der Waals surface area contributed by atoms with E-state index in [9.17, 15) is 4.79 Å². The lowest BCUT2D eigenvalue weighted by Gasteiger charge is -2.20. The third-order valence-corrected chi connectivity index (χ3v) is 3.93. The molecule has 4 heteroatoms. The summed E-state index contributed by atoms with van der Waals surface area (Å²) in [5, 5.41) is 0.906. The van der Waals surface area contributed by atoms with E-state index in [1.165, 1.54) is 0 Å². The molecular formula is C16H17NO3. The maximum absolute atomic E-state index is 12.2. The number of Topliss-reactive ketones (excluding diaryl/α,β-unsaturated/α-hetero) is 1. The summed E-state index contributed by atoms with van der Waals surface area (Å²) in [5.74, 6) is 1.58. The number of methoxy groups -OCH3 is 2. The number of fused-ring (bicyclic) bond motifs is 2. The Morgan fingerprint density at radius 3 is 2.55 bits per heavy atom. The van der Waals surface area contributed by atoms with Crippen LogP contribution < -0.4 is 9.47 Å². The van der Waals surface area contributed by atoms with E-state index in [4.69, 9.17) is 9.47 Å². The molecule has 0 amide bonds. The van der Waals surface area contributed by atoms with Crippen LogP contribution in [0.1, 0.15) is 29.4 Å². The maximum Gasteiger partial charge on any atom is 0.167 e. The van der Waals surface area contributed by atoms with Crippen LogP contribution in [0.15, 0.2) is 18.2 Å². The minimum Gasteiger partial charge on any atom is -0.493 e. The number of benzene rings is 1. The van der Waals surface area contributed by atoms with Gasteiger partial charge in [0.2, 0.25) is 0 Å². The van der Waals surface area contributed by atoms with Gasteiger partial charge in [-0.3, -0.25) is 9.78 Å². The number of nitrogens with zero attached hydrogens (tertiary/aromatic N) is 1. The van der Waals surface area contributed by atoms with E-state index in [0.717, 1.165) is 35.0 Å². The molecule has 104 valence electrons. The van der Waals surface area contributed by atoms with Gasteiger partial charge in [0.05, 0.1) is 25.4 Å². The van der Waals surface area contributed by atoms with Gasteiger partial charge in [-0.1, -0.05) is 6.92 Å². The molecule has 0 saturated heterocycles. The molecule has 1 heterocycles. The molecule has 1 unspecified atom stereocenters. The molecule has 1 aliphatic rings. The topological polar surface area (TPSA) is 48.4 Å². The van der Waals surface area contributed by atoms with Crippen molar-refractivity contribution in [2.75, 3.05) is 14.2 Å². The van der Waals surface area contributed by atoms with E-state index in [1.807, 2.05) is 25.1 Å². The first-order chi connectivity index (χ1) is 9.63. The lowest BCUT2D eigenvalue weighted by atomic mass is 9.86. The van der Waals surface area contributed by atoms with Crippen LogP contribution in [0.4, 0.5) is 0 Å². The zero-order valence-corrected chi connectivity index (χ0v) is 11.9. The van der Waals surface area contributed by atoms with Gasteiger partial charge in [0.1, 0.15) is 0 Å². The largest absolute Gasteiger partial charge is 0.493 e. The molecule has 0 fully saturated rings. The van der Waals surface area contributed by atoms with Crippen molar-refractivity contribution in [3.05, 3.63) is 29.5 Å². The second-order valence-electron chi connectivity index (χ2n) is 5.19. The molecule has 0 radical (unpaired) electrons. The lowest BCUT2D eigenvalue weighted by Crippen LogP contribution is -2.21. The van der Waals surface area contributed by atoms with E-state index in [2.05, 4.69) is 4.98 Å². The van der Waals surface area contributed by atoms with Crippen LogP contribution in [-0.4, -0.2) is 25.0 Å². The molecule has 0 bridgehead atoms. The van der Waals surface area contributed by atoms with Gasteiger partial charge in [0.15, 0.2) is 17.3 Å². The number of aromatic nitrogens is 1. The zero-order valence-electron chi connectivity index (χ0n) is 11.9. The van der Waals surface area contributed by atoms with Gasteiger partial charge in [-0.05, 0) is 25.0 Å². The van der Waals surface area contributed by atoms with Gasteiger partial charge in [-0.15, -0.1) is 0 Å². The molecule has 20 heavy (non-hydrogen) atoms.